The highest BCUT2D eigenvalue weighted by Gasteiger charge is 2.10. The van der Waals surface area contributed by atoms with E-state index in [4.69, 9.17) is 18.9 Å². The summed E-state index contributed by atoms with van der Waals surface area (Å²) in [6, 6.07) is 5.90. The van der Waals surface area contributed by atoms with Crippen molar-refractivity contribution in [3.05, 3.63) is 54.8 Å². The highest BCUT2D eigenvalue weighted by atomic mass is 16.7. The lowest BCUT2D eigenvalue weighted by atomic mass is 10.2. The first-order chi connectivity index (χ1) is 12.9. The monoisotopic (exact) mass is 376 g/mol. The molecule has 0 N–H and O–H groups in total. The van der Waals surface area contributed by atoms with Crippen LogP contribution >= 0.6 is 0 Å². The predicted octanol–water partition coefficient (Wildman–Crippen LogP) is 4.18. The van der Waals surface area contributed by atoms with Gasteiger partial charge < -0.3 is 18.9 Å². The molecule has 7 nitrogen and oxygen atoms in total. The lowest BCUT2D eigenvalue weighted by Gasteiger charge is -2.07. The average molecular weight is 376 g/mol. The maximum atomic E-state index is 11.7. The molecule has 0 heterocycles. The van der Waals surface area contributed by atoms with E-state index >= 15 is 0 Å². The van der Waals surface area contributed by atoms with Crippen LogP contribution in [0.4, 0.5) is 4.79 Å². The molecule has 146 valence electrons. The van der Waals surface area contributed by atoms with Gasteiger partial charge in [-0.25, -0.2) is 14.4 Å². The second-order valence-corrected chi connectivity index (χ2v) is 5.60. The van der Waals surface area contributed by atoms with Crippen LogP contribution in [0.1, 0.15) is 43.0 Å². The van der Waals surface area contributed by atoms with Gasteiger partial charge >= 0.3 is 18.1 Å². The van der Waals surface area contributed by atoms with Crippen LogP contribution in [0.2, 0.25) is 0 Å². The molecule has 0 bridgehead atoms. The molecular weight excluding hydrogens is 352 g/mol. The molecule has 27 heavy (non-hydrogen) atoms. The minimum absolute atomic E-state index is 0.230. The molecule has 0 spiro atoms. The number of hydrogen-bond donors (Lipinski definition) is 0. The third kappa shape index (κ3) is 9.84. The largest absolute Gasteiger partial charge is 0.513 e. The van der Waals surface area contributed by atoms with Crippen molar-refractivity contribution in [2.24, 2.45) is 0 Å². The number of carbonyl (C=O) groups is 3. The molecule has 0 radical (unpaired) electrons. The van der Waals surface area contributed by atoms with E-state index in [1.165, 1.54) is 24.3 Å². The Labute approximate surface area is 158 Å². The van der Waals surface area contributed by atoms with Gasteiger partial charge in [0.25, 0.3) is 0 Å². The normalized spacial score (nSPS) is 9.81. The van der Waals surface area contributed by atoms with Gasteiger partial charge in [-0.05, 0) is 56.9 Å². The molecule has 0 amide bonds. The number of hydrogen-bond acceptors (Lipinski definition) is 7. The lowest BCUT2D eigenvalue weighted by molar-refractivity contribution is -0.137. The molecule has 0 fully saturated rings. The van der Waals surface area contributed by atoms with Crippen LogP contribution in [-0.4, -0.2) is 31.3 Å². The van der Waals surface area contributed by atoms with Gasteiger partial charge in [-0.1, -0.05) is 13.2 Å². The number of unbranched alkanes of at least 4 members (excludes halogenated alkanes) is 3. The minimum atomic E-state index is -0.813. The van der Waals surface area contributed by atoms with Gasteiger partial charge in [-0.3, -0.25) is 0 Å². The molecule has 0 aromatic heterocycles. The number of esters is 2. The zero-order valence-corrected chi connectivity index (χ0v) is 15.4. The molecule has 0 aliphatic carbocycles. The van der Waals surface area contributed by atoms with Crippen molar-refractivity contribution in [2.75, 3.05) is 13.2 Å². The van der Waals surface area contributed by atoms with Crippen LogP contribution < -0.4 is 4.74 Å². The van der Waals surface area contributed by atoms with Gasteiger partial charge in [0.2, 0.25) is 0 Å². The van der Waals surface area contributed by atoms with Gasteiger partial charge in [-0.2, -0.15) is 0 Å². The Morgan fingerprint density at radius 3 is 2.11 bits per heavy atom. The zero-order chi connectivity index (χ0) is 20.1. The van der Waals surface area contributed by atoms with Crippen LogP contribution in [0.3, 0.4) is 0 Å². The van der Waals surface area contributed by atoms with E-state index in [0.29, 0.717) is 24.4 Å². The molecule has 0 aliphatic rings. The number of allylic oxidation sites excluding steroid dienone is 1. The predicted molar refractivity (Wildman–Crippen MR) is 98.3 cm³/mol. The SMILES string of the molecule is C=CC(=O)OCCCCCCOC(=O)Oc1ccc(C(=O)OC(=C)C)cc1. The summed E-state index contributed by atoms with van der Waals surface area (Å²) in [4.78, 5) is 34.1. The Bertz CT molecular complexity index is 661. The second kappa shape index (κ2) is 12.3. The van der Waals surface area contributed by atoms with Gasteiger partial charge in [0.15, 0.2) is 0 Å². The molecule has 1 aromatic carbocycles. The third-order valence-electron chi connectivity index (χ3n) is 3.23. The summed E-state index contributed by atoms with van der Waals surface area (Å²) in [5.74, 6) is -0.407. The van der Waals surface area contributed by atoms with E-state index in [2.05, 4.69) is 13.2 Å². The number of benzene rings is 1. The fraction of sp³-hybridized carbons (Fsp3) is 0.350. The Hall–Kier alpha value is -3.09. The molecule has 1 rings (SSSR count). The van der Waals surface area contributed by atoms with Crippen molar-refractivity contribution in [1.82, 2.24) is 0 Å². The molecule has 0 saturated carbocycles. The van der Waals surface area contributed by atoms with Crippen molar-refractivity contribution in [2.45, 2.75) is 32.6 Å². The Kier molecular flexibility index (Phi) is 10.00. The van der Waals surface area contributed by atoms with Crippen molar-refractivity contribution >= 4 is 18.1 Å². The van der Waals surface area contributed by atoms with Crippen molar-refractivity contribution < 1.29 is 33.3 Å². The summed E-state index contributed by atoms with van der Waals surface area (Å²) in [6.07, 6.45) is 3.41. The highest BCUT2D eigenvalue weighted by molar-refractivity contribution is 5.90. The molecular formula is C20H24O7. The van der Waals surface area contributed by atoms with Crippen molar-refractivity contribution in [3.63, 3.8) is 0 Å². The van der Waals surface area contributed by atoms with Gasteiger partial charge in [0.05, 0.1) is 24.5 Å². The highest BCUT2D eigenvalue weighted by Crippen LogP contribution is 2.14. The third-order valence-corrected chi connectivity index (χ3v) is 3.23. The molecule has 1 aromatic rings. The summed E-state index contributed by atoms with van der Waals surface area (Å²) in [5.41, 5.74) is 0.317. The van der Waals surface area contributed by atoms with Crippen LogP contribution in [0.5, 0.6) is 5.75 Å². The maximum Gasteiger partial charge on any atom is 0.513 e. The van der Waals surface area contributed by atoms with Crippen LogP contribution in [0.15, 0.2) is 49.3 Å². The Morgan fingerprint density at radius 2 is 1.56 bits per heavy atom. The van der Waals surface area contributed by atoms with E-state index in [0.717, 1.165) is 25.3 Å². The van der Waals surface area contributed by atoms with E-state index in [-0.39, 0.29) is 12.4 Å². The summed E-state index contributed by atoms with van der Waals surface area (Å²) < 4.78 is 19.7. The topological polar surface area (TPSA) is 88.1 Å². The van der Waals surface area contributed by atoms with E-state index in [1.54, 1.807) is 6.92 Å². The first-order valence-electron chi connectivity index (χ1n) is 8.54. The molecule has 0 saturated heterocycles. The van der Waals surface area contributed by atoms with Gasteiger partial charge in [0, 0.05) is 6.08 Å². The number of rotatable bonds is 11. The fourth-order valence-corrected chi connectivity index (χ4v) is 1.95. The van der Waals surface area contributed by atoms with E-state index in [9.17, 15) is 14.4 Å². The van der Waals surface area contributed by atoms with E-state index in [1.807, 2.05) is 0 Å². The fourth-order valence-electron chi connectivity index (χ4n) is 1.95. The van der Waals surface area contributed by atoms with Crippen LogP contribution in [0, 0.1) is 0 Å². The van der Waals surface area contributed by atoms with Crippen molar-refractivity contribution in [1.29, 1.82) is 0 Å². The second-order valence-electron chi connectivity index (χ2n) is 5.60. The lowest BCUT2D eigenvalue weighted by Crippen LogP contribution is -2.11. The van der Waals surface area contributed by atoms with Crippen LogP contribution in [0.25, 0.3) is 0 Å². The molecule has 0 aliphatic heterocycles. The smallest absolute Gasteiger partial charge is 0.463 e. The zero-order valence-electron chi connectivity index (χ0n) is 15.4. The molecule has 7 heteroatoms. The van der Waals surface area contributed by atoms with Gasteiger partial charge in [-0.15, -0.1) is 0 Å². The number of ether oxygens (including phenoxy) is 4. The standard InChI is InChI=1S/C20H24O7/c1-4-18(21)24-13-7-5-6-8-14-25-20(23)27-17-11-9-16(10-12-17)19(22)26-15(2)3/h4,9-12H,1-2,5-8,13-14H2,3H3. The summed E-state index contributed by atoms with van der Waals surface area (Å²) in [7, 11) is 0. The Balaban J connectivity index is 2.18. The molecule has 0 unspecified atom stereocenters. The summed E-state index contributed by atoms with van der Waals surface area (Å²) in [5, 5.41) is 0. The van der Waals surface area contributed by atoms with E-state index < -0.39 is 18.1 Å². The molecule has 0 atom stereocenters. The maximum absolute atomic E-state index is 11.7. The summed E-state index contributed by atoms with van der Waals surface area (Å²) in [6.45, 7) is 8.96. The minimum Gasteiger partial charge on any atom is -0.463 e. The first kappa shape index (κ1) is 22.0. The number of carbonyl (C=O) groups excluding carboxylic acids is 3. The quantitative estimate of drug-likeness (QED) is 0.143. The summed E-state index contributed by atoms with van der Waals surface area (Å²) >= 11 is 0. The average Bonchev–Trinajstić information content (AvgIpc) is 2.63. The first-order valence-corrected chi connectivity index (χ1v) is 8.54. The van der Waals surface area contributed by atoms with Crippen molar-refractivity contribution in [3.8, 4) is 5.75 Å². The Morgan fingerprint density at radius 1 is 0.963 bits per heavy atom. The van der Waals surface area contributed by atoms with Crippen LogP contribution in [-0.2, 0) is 19.0 Å². The van der Waals surface area contributed by atoms with Gasteiger partial charge in [0.1, 0.15) is 5.75 Å².